The lowest BCUT2D eigenvalue weighted by Crippen LogP contribution is -2.23. The quantitative estimate of drug-likeness (QED) is 0.565. The second-order valence-electron chi connectivity index (χ2n) is 3.98. The van der Waals surface area contributed by atoms with E-state index in [-0.39, 0.29) is 0 Å². The lowest BCUT2D eigenvalue weighted by Gasteiger charge is -2.16. The van der Waals surface area contributed by atoms with Crippen molar-refractivity contribution in [1.29, 1.82) is 0 Å². The van der Waals surface area contributed by atoms with E-state index in [0.29, 0.717) is 0 Å². The Balaban J connectivity index is 2.16. The molecule has 0 radical (unpaired) electrons. The highest BCUT2D eigenvalue weighted by Gasteiger charge is 2.19. The van der Waals surface area contributed by atoms with Crippen molar-refractivity contribution >= 4 is 19.3 Å². The number of rotatable bonds is 1. The summed E-state index contributed by atoms with van der Waals surface area (Å²) in [5, 5.41) is 0. The van der Waals surface area contributed by atoms with Crippen molar-refractivity contribution in [2.24, 2.45) is 5.92 Å². The van der Waals surface area contributed by atoms with Crippen molar-refractivity contribution in [1.82, 2.24) is 4.98 Å². The van der Waals surface area contributed by atoms with Crippen LogP contribution in [0.3, 0.4) is 0 Å². The molecule has 1 aromatic heterocycles. The van der Waals surface area contributed by atoms with Gasteiger partial charge in [0.15, 0.2) is 7.85 Å². The van der Waals surface area contributed by atoms with Crippen LogP contribution in [0, 0.1) is 5.92 Å². The maximum absolute atomic E-state index is 4.52. The first kappa shape index (κ1) is 8.61. The van der Waals surface area contributed by atoms with Crippen LogP contribution in [0.1, 0.15) is 13.3 Å². The lowest BCUT2D eigenvalue weighted by molar-refractivity contribution is 0.659. The molecule has 0 spiro atoms. The van der Waals surface area contributed by atoms with Crippen LogP contribution in [-0.2, 0) is 0 Å². The number of hydrogen-bond donors (Lipinski definition) is 0. The molecule has 0 saturated carbocycles. The summed E-state index contributed by atoms with van der Waals surface area (Å²) in [6.07, 6.45) is 1.30. The van der Waals surface area contributed by atoms with Crippen LogP contribution in [0.2, 0.25) is 0 Å². The zero-order valence-electron chi connectivity index (χ0n) is 8.33. The number of anilines is 1. The molecule has 1 saturated heterocycles. The van der Waals surface area contributed by atoms with Crippen LogP contribution in [0.5, 0.6) is 0 Å². The molecule has 1 aromatic rings. The van der Waals surface area contributed by atoms with Crippen LogP contribution in [-0.4, -0.2) is 25.9 Å². The lowest BCUT2D eigenvalue weighted by atomic mass is 10.0. The molecule has 0 bridgehead atoms. The molecular weight excluding hydrogens is 159 g/mol. The van der Waals surface area contributed by atoms with Gasteiger partial charge in [-0.1, -0.05) is 19.1 Å². The summed E-state index contributed by atoms with van der Waals surface area (Å²) < 4.78 is 0. The van der Waals surface area contributed by atoms with E-state index < -0.39 is 0 Å². The average molecular weight is 174 g/mol. The molecule has 1 atom stereocenters. The predicted octanol–water partition coefficient (Wildman–Crippen LogP) is 0.186. The van der Waals surface area contributed by atoms with Crippen LogP contribution < -0.4 is 10.5 Å². The summed E-state index contributed by atoms with van der Waals surface area (Å²) in [5.41, 5.74) is 1.11. The molecule has 0 unspecified atom stereocenters. The van der Waals surface area contributed by atoms with Gasteiger partial charge in [0, 0.05) is 13.1 Å². The molecule has 0 amide bonds. The van der Waals surface area contributed by atoms with Crippen molar-refractivity contribution in [3.63, 3.8) is 0 Å². The molecule has 0 N–H and O–H groups in total. The van der Waals surface area contributed by atoms with E-state index in [1.165, 1.54) is 6.42 Å². The third-order valence-corrected chi connectivity index (χ3v) is 2.62. The first-order valence-corrected chi connectivity index (χ1v) is 4.94. The molecule has 0 aromatic carbocycles. The smallest absolute Gasteiger partial charge is 0.164 e. The van der Waals surface area contributed by atoms with Gasteiger partial charge in [0.2, 0.25) is 0 Å². The monoisotopic (exact) mass is 174 g/mol. The van der Waals surface area contributed by atoms with Crippen molar-refractivity contribution < 1.29 is 0 Å². The Hall–Kier alpha value is -0.985. The normalized spacial score (nSPS) is 22.2. The summed E-state index contributed by atoms with van der Waals surface area (Å²) in [4.78, 5) is 6.89. The van der Waals surface area contributed by atoms with Crippen molar-refractivity contribution in [2.45, 2.75) is 13.3 Å². The highest BCUT2D eigenvalue weighted by Crippen LogP contribution is 2.20. The Morgan fingerprint density at radius 1 is 1.54 bits per heavy atom. The van der Waals surface area contributed by atoms with E-state index >= 15 is 0 Å². The highest BCUT2D eigenvalue weighted by atomic mass is 15.2. The second-order valence-corrected chi connectivity index (χ2v) is 3.98. The van der Waals surface area contributed by atoms with Crippen LogP contribution in [0.4, 0.5) is 5.82 Å². The Morgan fingerprint density at radius 3 is 3.00 bits per heavy atom. The molecule has 13 heavy (non-hydrogen) atoms. The Kier molecular flexibility index (Phi) is 2.25. The zero-order valence-corrected chi connectivity index (χ0v) is 8.33. The Labute approximate surface area is 80.4 Å². The van der Waals surface area contributed by atoms with Crippen molar-refractivity contribution in [3.05, 3.63) is 18.2 Å². The summed E-state index contributed by atoms with van der Waals surface area (Å²) in [6, 6.07) is 6.23. The second kappa shape index (κ2) is 3.40. The Morgan fingerprint density at radius 2 is 2.38 bits per heavy atom. The molecule has 2 rings (SSSR count). The van der Waals surface area contributed by atoms with E-state index in [4.69, 9.17) is 0 Å². The molecule has 68 valence electrons. The first-order chi connectivity index (χ1) is 6.25. The van der Waals surface area contributed by atoms with Gasteiger partial charge in [0.25, 0.3) is 0 Å². The molecule has 3 heteroatoms. The largest absolute Gasteiger partial charge is 0.356 e. The minimum atomic E-state index is 0.822. The van der Waals surface area contributed by atoms with Gasteiger partial charge in [-0.2, -0.15) is 0 Å². The molecular formula is C10H15BN2. The van der Waals surface area contributed by atoms with Crippen LogP contribution in [0.15, 0.2) is 18.2 Å². The van der Waals surface area contributed by atoms with Gasteiger partial charge in [-0.05, 0) is 24.0 Å². The standard InChI is InChI=1S/C10H15BN2/c1-8-5-6-13(7-8)10-4-2-3-9(11)12-10/h2-4,8H,5-7,11H2,1H3/t8-/m0/s1. The SMILES string of the molecule is Bc1cccc(N2CC[C@H](C)C2)n1. The van der Waals surface area contributed by atoms with Gasteiger partial charge in [0.05, 0.1) is 0 Å². The van der Waals surface area contributed by atoms with Gasteiger partial charge in [-0.3, -0.25) is 0 Å². The summed E-state index contributed by atoms with van der Waals surface area (Å²) in [7, 11) is 2.04. The third kappa shape index (κ3) is 1.85. The van der Waals surface area contributed by atoms with Crippen LogP contribution in [0.25, 0.3) is 0 Å². The van der Waals surface area contributed by atoms with Gasteiger partial charge >= 0.3 is 0 Å². The number of hydrogen-bond acceptors (Lipinski definition) is 2. The maximum Gasteiger partial charge on any atom is 0.164 e. The summed E-state index contributed by atoms with van der Waals surface area (Å²) >= 11 is 0. The molecule has 2 heterocycles. The molecule has 1 aliphatic heterocycles. The van der Waals surface area contributed by atoms with E-state index in [1.807, 2.05) is 13.9 Å². The van der Waals surface area contributed by atoms with E-state index in [9.17, 15) is 0 Å². The zero-order chi connectivity index (χ0) is 9.26. The third-order valence-electron chi connectivity index (χ3n) is 2.62. The first-order valence-electron chi connectivity index (χ1n) is 4.94. The van der Waals surface area contributed by atoms with E-state index in [2.05, 4.69) is 28.9 Å². The number of nitrogens with zero attached hydrogens (tertiary/aromatic N) is 2. The number of pyridine rings is 1. The van der Waals surface area contributed by atoms with Crippen molar-refractivity contribution in [2.75, 3.05) is 18.0 Å². The van der Waals surface area contributed by atoms with Gasteiger partial charge in [0.1, 0.15) is 5.82 Å². The molecule has 2 nitrogen and oxygen atoms in total. The van der Waals surface area contributed by atoms with Gasteiger partial charge in [-0.15, -0.1) is 0 Å². The van der Waals surface area contributed by atoms with Crippen molar-refractivity contribution in [3.8, 4) is 0 Å². The fraction of sp³-hybridized carbons (Fsp3) is 0.500. The topological polar surface area (TPSA) is 16.1 Å². The minimum absolute atomic E-state index is 0.822. The molecule has 1 fully saturated rings. The summed E-state index contributed by atoms with van der Waals surface area (Å²) in [6.45, 7) is 4.63. The van der Waals surface area contributed by atoms with Crippen LogP contribution >= 0.6 is 0 Å². The fourth-order valence-electron chi connectivity index (χ4n) is 1.85. The van der Waals surface area contributed by atoms with E-state index in [0.717, 1.165) is 30.4 Å². The van der Waals surface area contributed by atoms with Gasteiger partial charge in [-0.25, -0.2) is 4.98 Å². The maximum atomic E-state index is 4.52. The predicted molar refractivity (Wildman–Crippen MR) is 58.4 cm³/mol. The minimum Gasteiger partial charge on any atom is -0.356 e. The highest BCUT2D eigenvalue weighted by molar-refractivity contribution is 6.30. The van der Waals surface area contributed by atoms with E-state index in [1.54, 1.807) is 0 Å². The molecule has 0 aliphatic carbocycles. The average Bonchev–Trinajstić information content (AvgIpc) is 2.52. The number of aromatic nitrogens is 1. The summed E-state index contributed by atoms with van der Waals surface area (Å²) in [5.74, 6) is 1.96. The molecule has 1 aliphatic rings. The Bertz CT molecular complexity index is 301. The van der Waals surface area contributed by atoms with Gasteiger partial charge < -0.3 is 4.90 Å². The fourth-order valence-corrected chi connectivity index (χ4v) is 1.85.